The molecule has 3 heterocycles. The number of carbonyl (C=O) groups is 1. The van der Waals surface area contributed by atoms with Crippen LogP contribution in [0.25, 0.3) is 10.8 Å². The number of aromatic nitrogens is 2. The average Bonchev–Trinajstić information content (AvgIpc) is 3.21. The van der Waals surface area contributed by atoms with Gasteiger partial charge in [-0.15, -0.1) is 0 Å². The molecule has 40 heavy (non-hydrogen) atoms. The summed E-state index contributed by atoms with van der Waals surface area (Å²) in [5, 5.41) is 18.3. The van der Waals surface area contributed by atoms with Crippen LogP contribution in [-0.2, 0) is 11.3 Å². The maximum absolute atomic E-state index is 14.0. The summed E-state index contributed by atoms with van der Waals surface area (Å²) in [4.78, 5) is 23.3. The lowest BCUT2D eigenvalue weighted by Crippen LogP contribution is -2.81. The number of aliphatic hydroxyl groups excluding tert-OH is 1. The fourth-order valence-electron chi connectivity index (χ4n) is 5.28. The molecule has 3 aromatic rings. The zero-order valence-corrected chi connectivity index (χ0v) is 21.7. The highest BCUT2D eigenvalue weighted by Crippen LogP contribution is 2.34. The van der Waals surface area contributed by atoms with Gasteiger partial charge in [0, 0.05) is 47.9 Å². The number of hydrogen-bond acceptors (Lipinski definition) is 4. The number of allylic oxidation sites excluding steroid dienone is 5. The molecule has 1 amide bonds. The minimum Gasteiger partial charge on any atom is -0.369 e. The molecule has 7 nitrogen and oxygen atoms in total. The normalized spacial score (nSPS) is 20.5. The van der Waals surface area contributed by atoms with E-state index in [4.69, 9.17) is 0 Å². The number of amides is 1. The highest BCUT2D eigenvalue weighted by molar-refractivity contribution is 6.37. The number of nitrogens with one attached hydrogen (secondary N) is 4. The predicted molar refractivity (Wildman–Crippen MR) is 143 cm³/mol. The van der Waals surface area contributed by atoms with Crippen LogP contribution in [0.2, 0.25) is 0 Å². The lowest BCUT2D eigenvalue weighted by atomic mass is 9.78. The predicted octanol–water partition coefficient (Wildman–Crippen LogP) is 2.43. The van der Waals surface area contributed by atoms with Gasteiger partial charge in [-0.2, -0.15) is 13.2 Å². The molecule has 2 aliphatic rings. The Kier molecular flexibility index (Phi) is 7.90. The van der Waals surface area contributed by atoms with Crippen molar-refractivity contribution < 1.29 is 33.0 Å². The highest BCUT2D eigenvalue weighted by Gasteiger charge is 2.48. The van der Waals surface area contributed by atoms with Gasteiger partial charge in [0.2, 0.25) is 17.1 Å². The molecule has 1 aliphatic heterocycles. The lowest BCUT2D eigenvalue weighted by Gasteiger charge is -2.28. The first-order valence-corrected chi connectivity index (χ1v) is 13.0. The second-order valence-corrected chi connectivity index (χ2v) is 9.89. The first kappa shape index (κ1) is 27.4. The number of benzene rings is 1. The van der Waals surface area contributed by atoms with Crippen LogP contribution in [0.1, 0.15) is 30.6 Å². The van der Waals surface area contributed by atoms with E-state index in [1.807, 2.05) is 43.3 Å². The minimum atomic E-state index is -4.69. The second-order valence-electron chi connectivity index (χ2n) is 9.89. The number of fused-ring (bicyclic) bond motifs is 2. The molecule has 1 aliphatic carbocycles. The second kappa shape index (κ2) is 11.5. The summed E-state index contributed by atoms with van der Waals surface area (Å²) < 4.78 is 42.1. The Balaban J connectivity index is 1.45. The zero-order valence-electron chi connectivity index (χ0n) is 21.7. The van der Waals surface area contributed by atoms with Crippen molar-refractivity contribution >= 4 is 22.4 Å². The largest absolute Gasteiger partial charge is 0.413 e. The molecule has 4 atom stereocenters. The summed E-state index contributed by atoms with van der Waals surface area (Å²) in [5.74, 6) is -0.912. The maximum atomic E-state index is 14.0. The van der Waals surface area contributed by atoms with Gasteiger partial charge in [-0.05, 0) is 17.4 Å². The van der Waals surface area contributed by atoms with E-state index in [-0.39, 0.29) is 35.5 Å². The summed E-state index contributed by atoms with van der Waals surface area (Å²) >= 11 is 0. The van der Waals surface area contributed by atoms with Crippen LogP contribution in [0.15, 0.2) is 96.6 Å². The topological polar surface area (TPSA) is 102 Å². The quantitative estimate of drug-likeness (QED) is 0.340. The summed E-state index contributed by atoms with van der Waals surface area (Å²) in [6.45, 7) is 2.11. The average molecular weight is 550 g/mol. The fraction of sp³-hybridized carbons (Fsp3) is 0.267. The van der Waals surface area contributed by atoms with Crippen molar-refractivity contribution in [1.82, 2.24) is 15.6 Å². The number of aliphatic hydroxyl groups is 1. The SMILES string of the molecule is C[C@@H]1C(C(=O)NCc2cncc3ccccc23)=[NH+]C(C(O)NC(c2cccc[nH+]2)C(F)(F)F)=C2C=CC=CCC21. The molecule has 5 N–H and O–H groups in total. The van der Waals surface area contributed by atoms with Gasteiger partial charge < -0.3 is 10.4 Å². The third-order valence-corrected chi connectivity index (χ3v) is 7.36. The smallest absolute Gasteiger partial charge is 0.369 e. The molecule has 2 aromatic heterocycles. The van der Waals surface area contributed by atoms with Gasteiger partial charge in [0.1, 0.15) is 0 Å². The molecule has 5 rings (SSSR count). The Morgan fingerprint density at radius 3 is 2.73 bits per heavy atom. The van der Waals surface area contributed by atoms with E-state index in [1.54, 1.807) is 30.6 Å². The Bertz CT molecular complexity index is 1510. The monoisotopic (exact) mass is 549 g/mol. The van der Waals surface area contributed by atoms with Crippen molar-refractivity contribution in [2.45, 2.75) is 38.3 Å². The number of rotatable bonds is 7. The molecular formula is C30H30F3N5O2+2. The van der Waals surface area contributed by atoms with Crippen molar-refractivity contribution in [3.05, 3.63) is 108 Å². The number of hydrogen-bond donors (Lipinski definition) is 4. The van der Waals surface area contributed by atoms with Crippen LogP contribution in [-0.4, -0.2) is 34.1 Å². The molecule has 0 spiro atoms. The van der Waals surface area contributed by atoms with Crippen LogP contribution in [0.4, 0.5) is 13.2 Å². The molecule has 0 radical (unpaired) electrons. The van der Waals surface area contributed by atoms with E-state index in [2.05, 4.69) is 25.6 Å². The zero-order chi connectivity index (χ0) is 28.3. The van der Waals surface area contributed by atoms with E-state index < -0.39 is 24.4 Å². The molecule has 0 bridgehead atoms. The van der Waals surface area contributed by atoms with Gasteiger partial charge in [0.15, 0.2) is 18.5 Å². The van der Waals surface area contributed by atoms with E-state index in [1.165, 1.54) is 18.3 Å². The van der Waals surface area contributed by atoms with Gasteiger partial charge in [-0.1, -0.05) is 61.6 Å². The first-order chi connectivity index (χ1) is 19.2. The maximum Gasteiger partial charge on any atom is 0.413 e. The molecule has 0 saturated heterocycles. The van der Waals surface area contributed by atoms with Gasteiger partial charge >= 0.3 is 12.1 Å². The van der Waals surface area contributed by atoms with Crippen molar-refractivity contribution in [3.8, 4) is 0 Å². The summed E-state index contributed by atoms with van der Waals surface area (Å²) in [7, 11) is 0. The summed E-state index contributed by atoms with van der Waals surface area (Å²) in [5.41, 5.74) is 1.72. The lowest BCUT2D eigenvalue weighted by molar-refractivity contribution is -0.422. The molecular weight excluding hydrogens is 519 g/mol. The van der Waals surface area contributed by atoms with Gasteiger partial charge in [-0.3, -0.25) is 15.1 Å². The number of aromatic amines is 1. The molecule has 206 valence electrons. The Labute approximate surface area is 229 Å². The standard InChI is InChI=1S/C30H28F3N5O2/c1-18-21-10-3-2-4-12-23(21)26(29(40)38-27(30(31,32)33)24-13-7-8-14-35-24)37-25(18)28(39)36-17-20-16-34-15-19-9-5-6-11-22(19)20/h2-9,11-16,18,21,27,29,38,40H,10,17H2,1H3,(H,36,39)/p+2/t18-,21?,27?,29?/m0/s1. The van der Waals surface area contributed by atoms with E-state index in [0.717, 1.165) is 16.3 Å². The third-order valence-electron chi connectivity index (χ3n) is 7.36. The number of carbonyl (C=O) groups excluding carboxylic acids is 1. The van der Waals surface area contributed by atoms with Crippen molar-refractivity contribution in [2.75, 3.05) is 0 Å². The van der Waals surface area contributed by atoms with Crippen LogP contribution in [0, 0.1) is 11.8 Å². The number of nitrogens with zero attached hydrogens (tertiary/aromatic N) is 1. The number of alkyl halides is 3. The molecule has 0 fully saturated rings. The number of H-pyrrole nitrogens is 1. The van der Waals surface area contributed by atoms with Crippen molar-refractivity contribution in [1.29, 1.82) is 0 Å². The van der Waals surface area contributed by atoms with Crippen LogP contribution in [0.5, 0.6) is 0 Å². The Morgan fingerprint density at radius 2 is 1.95 bits per heavy atom. The van der Waals surface area contributed by atoms with Crippen LogP contribution in [0.3, 0.4) is 0 Å². The summed E-state index contributed by atoms with van der Waals surface area (Å²) in [6, 6.07) is 9.91. The van der Waals surface area contributed by atoms with Gasteiger partial charge in [0.25, 0.3) is 0 Å². The number of pyridine rings is 2. The molecule has 1 aromatic carbocycles. The van der Waals surface area contributed by atoms with Crippen LogP contribution >= 0.6 is 0 Å². The van der Waals surface area contributed by atoms with E-state index >= 15 is 0 Å². The Hall–Kier alpha value is -4.15. The van der Waals surface area contributed by atoms with E-state index in [0.29, 0.717) is 12.0 Å². The van der Waals surface area contributed by atoms with Gasteiger partial charge in [0.05, 0.1) is 5.92 Å². The summed E-state index contributed by atoms with van der Waals surface area (Å²) in [6.07, 6.45) is 6.31. The molecule has 0 saturated carbocycles. The van der Waals surface area contributed by atoms with Gasteiger partial charge in [-0.25, -0.2) is 9.98 Å². The minimum absolute atomic E-state index is 0.116. The van der Waals surface area contributed by atoms with E-state index in [9.17, 15) is 23.1 Å². The van der Waals surface area contributed by atoms with Crippen molar-refractivity contribution in [3.63, 3.8) is 0 Å². The Morgan fingerprint density at radius 1 is 1.15 bits per heavy atom. The fourth-order valence-corrected chi connectivity index (χ4v) is 5.28. The highest BCUT2D eigenvalue weighted by atomic mass is 19.4. The van der Waals surface area contributed by atoms with Crippen molar-refractivity contribution in [2.24, 2.45) is 11.8 Å². The molecule has 3 unspecified atom stereocenters. The third kappa shape index (κ3) is 5.73. The number of halogens is 3. The van der Waals surface area contributed by atoms with Crippen LogP contribution < -0.4 is 20.6 Å². The molecule has 10 heteroatoms. The first-order valence-electron chi connectivity index (χ1n) is 13.0.